The third kappa shape index (κ3) is 3.14. The minimum absolute atomic E-state index is 0.709. The van der Waals surface area contributed by atoms with Gasteiger partial charge < -0.3 is 10.2 Å². The van der Waals surface area contributed by atoms with E-state index in [0.717, 1.165) is 12.0 Å². The third-order valence-electron chi connectivity index (χ3n) is 4.34. The minimum Gasteiger partial charge on any atom is -0.315 e. The highest BCUT2D eigenvalue weighted by molar-refractivity contribution is 7.99. The molecule has 1 aliphatic heterocycles. The molecule has 0 bridgehead atoms. The fourth-order valence-corrected chi connectivity index (χ4v) is 4.51. The lowest BCUT2D eigenvalue weighted by Gasteiger charge is -2.38. The third-order valence-corrected chi connectivity index (χ3v) is 5.39. The molecule has 1 N–H and O–H groups in total. The van der Waals surface area contributed by atoms with Crippen molar-refractivity contribution >= 4 is 11.8 Å². The van der Waals surface area contributed by atoms with E-state index in [2.05, 4.69) is 36.1 Å². The number of thioether (sulfide) groups is 1. The summed E-state index contributed by atoms with van der Waals surface area (Å²) in [5.41, 5.74) is 0. The van der Waals surface area contributed by atoms with Gasteiger partial charge in [-0.05, 0) is 26.4 Å². The highest BCUT2D eigenvalue weighted by Gasteiger charge is 2.29. The SMILES string of the molecule is CNC(CC1CCCC1)C1CSCCN1C. The molecule has 1 aliphatic carbocycles. The number of nitrogens with one attached hydrogen (secondary N) is 1. The standard InChI is InChI=1S/C13H26N2S/c1-14-12(9-11-5-3-4-6-11)13-10-16-8-7-15(13)2/h11-14H,3-10H2,1-2H3. The summed E-state index contributed by atoms with van der Waals surface area (Å²) in [6, 6.07) is 1.46. The summed E-state index contributed by atoms with van der Waals surface area (Å²) in [5, 5.41) is 3.57. The average Bonchev–Trinajstić information content (AvgIpc) is 2.80. The fourth-order valence-electron chi connectivity index (χ4n) is 3.20. The van der Waals surface area contributed by atoms with Crippen LogP contribution in [0.2, 0.25) is 0 Å². The van der Waals surface area contributed by atoms with Crippen LogP contribution in [-0.2, 0) is 0 Å². The van der Waals surface area contributed by atoms with E-state index < -0.39 is 0 Å². The summed E-state index contributed by atoms with van der Waals surface area (Å²) < 4.78 is 0. The second kappa shape index (κ2) is 6.27. The molecule has 94 valence electrons. The zero-order chi connectivity index (χ0) is 11.4. The van der Waals surface area contributed by atoms with E-state index in [1.54, 1.807) is 0 Å². The number of nitrogens with zero attached hydrogens (tertiary/aromatic N) is 1. The van der Waals surface area contributed by atoms with Crippen LogP contribution in [0.4, 0.5) is 0 Å². The number of rotatable bonds is 4. The van der Waals surface area contributed by atoms with Gasteiger partial charge in [-0.25, -0.2) is 0 Å². The van der Waals surface area contributed by atoms with Crippen molar-refractivity contribution in [1.29, 1.82) is 0 Å². The van der Waals surface area contributed by atoms with Gasteiger partial charge in [0.2, 0.25) is 0 Å². The van der Waals surface area contributed by atoms with Crippen molar-refractivity contribution in [3.63, 3.8) is 0 Å². The lowest BCUT2D eigenvalue weighted by atomic mass is 9.94. The second-order valence-corrected chi connectivity index (χ2v) is 6.55. The molecule has 1 saturated heterocycles. The van der Waals surface area contributed by atoms with Gasteiger partial charge in [0.15, 0.2) is 0 Å². The van der Waals surface area contributed by atoms with Crippen molar-refractivity contribution in [1.82, 2.24) is 10.2 Å². The van der Waals surface area contributed by atoms with Crippen LogP contribution in [0.15, 0.2) is 0 Å². The molecular formula is C13H26N2S. The Kier molecular flexibility index (Phi) is 4.98. The van der Waals surface area contributed by atoms with E-state index in [0.29, 0.717) is 6.04 Å². The summed E-state index contributed by atoms with van der Waals surface area (Å²) in [5.74, 6) is 3.62. The van der Waals surface area contributed by atoms with E-state index in [9.17, 15) is 0 Å². The van der Waals surface area contributed by atoms with Crippen molar-refractivity contribution in [2.24, 2.45) is 5.92 Å². The number of hydrogen-bond acceptors (Lipinski definition) is 3. The Morgan fingerprint density at radius 1 is 1.38 bits per heavy atom. The predicted octanol–water partition coefficient (Wildman–Crippen LogP) is 2.20. The first kappa shape index (κ1) is 12.7. The molecule has 2 fully saturated rings. The first-order valence-corrected chi connectivity index (χ1v) is 7.92. The summed E-state index contributed by atoms with van der Waals surface area (Å²) in [6.45, 7) is 1.26. The molecular weight excluding hydrogens is 216 g/mol. The molecule has 2 rings (SSSR count). The molecule has 0 amide bonds. The number of likely N-dealkylation sites (N-methyl/N-ethyl adjacent to an activating group) is 2. The van der Waals surface area contributed by atoms with Crippen molar-refractivity contribution in [2.45, 2.75) is 44.2 Å². The molecule has 3 heteroatoms. The molecule has 2 unspecified atom stereocenters. The summed E-state index contributed by atoms with van der Waals surface area (Å²) in [6.07, 6.45) is 7.28. The molecule has 16 heavy (non-hydrogen) atoms. The molecule has 2 atom stereocenters. The van der Waals surface area contributed by atoms with Crippen LogP contribution in [0.25, 0.3) is 0 Å². The molecule has 0 aromatic heterocycles. The minimum atomic E-state index is 0.709. The van der Waals surface area contributed by atoms with Crippen LogP contribution in [0, 0.1) is 5.92 Å². The quantitative estimate of drug-likeness (QED) is 0.814. The Bertz CT molecular complexity index is 204. The van der Waals surface area contributed by atoms with Gasteiger partial charge >= 0.3 is 0 Å². The number of hydrogen-bond donors (Lipinski definition) is 1. The van der Waals surface area contributed by atoms with Crippen LogP contribution in [0.5, 0.6) is 0 Å². The lowest BCUT2D eigenvalue weighted by molar-refractivity contribution is 0.199. The fraction of sp³-hybridized carbons (Fsp3) is 1.00. The molecule has 0 aromatic rings. The maximum Gasteiger partial charge on any atom is 0.0337 e. The summed E-state index contributed by atoms with van der Waals surface area (Å²) in [7, 11) is 4.44. The van der Waals surface area contributed by atoms with Crippen LogP contribution in [-0.4, -0.2) is 49.1 Å². The molecule has 1 heterocycles. The van der Waals surface area contributed by atoms with Crippen molar-refractivity contribution in [3.8, 4) is 0 Å². The van der Waals surface area contributed by atoms with Crippen molar-refractivity contribution in [2.75, 3.05) is 32.1 Å². The smallest absolute Gasteiger partial charge is 0.0337 e. The zero-order valence-electron chi connectivity index (χ0n) is 10.7. The molecule has 0 spiro atoms. The highest BCUT2D eigenvalue weighted by Crippen LogP contribution is 2.30. The molecule has 1 saturated carbocycles. The topological polar surface area (TPSA) is 15.3 Å². The average molecular weight is 242 g/mol. The van der Waals surface area contributed by atoms with Crippen molar-refractivity contribution < 1.29 is 0 Å². The molecule has 0 radical (unpaired) electrons. The van der Waals surface area contributed by atoms with E-state index in [4.69, 9.17) is 0 Å². The van der Waals surface area contributed by atoms with Gasteiger partial charge in [-0.1, -0.05) is 25.7 Å². The Labute approximate surface area is 105 Å². The maximum absolute atomic E-state index is 3.57. The first-order valence-electron chi connectivity index (χ1n) is 6.76. The van der Waals surface area contributed by atoms with E-state index in [1.807, 2.05) is 0 Å². The predicted molar refractivity (Wildman–Crippen MR) is 73.2 cm³/mol. The second-order valence-electron chi connectivity index (χ2n) is 5.40. The maximum atomic E-state index is 3.57. The Morgan fingerprint density at radius 3 is 2.75 bits per heavy atom. The lowest BCUT2D eigenvalue weighted by Crippen LogP contribution is -2.52. The van der Waals surface area contributed by atoms with Gasteiger partial charge in [-0.2, -0.15) is 11.8 Å². The van der Waals surface area contributed by atoms with Gasteiger partial charge in [-0.3, -0.25) is 0 Å². The van der Waals surface area contributed by atoms with E-state index in [-0.39, 0.29) is 0 Å². The molecule has 2 aliphatic rings. The van der Waals surface area contributed by atoms with Gasteiger partial charge in [-0.15, -0.1) is 0 Å². The van der Waals surface area contributed by atoms with Gasteiger partial charge in [0.1, 0.15) is 0 Å². The first-order chi connectivity index (χ1) is 7.81. The molecule has 2 nitrogen and oxygen atoms in total. The van der Waals surface area contributed by atoms with Crippen LogP contribution in [0.3, 0.4) is 0 Å². The monoisotopic (exact) mass is 242 g/mol. The van der Waals surface area contributed by atoms with Gasteiger partial charge in [0.05, 0.1) is 0 Å². The van der Waals surface area contributed by atoms with Crippen molar-refractivity contribution in [3.05, 3.63) is 0 Å². The normalized spacial score (nSPS) is 30.8. The van der Waals surface area contributed by atoms with E-state index in [1.165, 1.54) is 50.2 Å². The molecule has 0 aromatic carbocycles. The van der Waals surface area contributed by atoms with Crippen LogP contribution >= 0.6 is 11.8 Å². The highest BCUT2D eigenvalue weighted by atomic mass is 32.2. The van der Waals surface area contributed by atoms with Gasteiger partial charge in [0, 0.05) is 30.1 Å². The Hall–Kier alpha value is 0.270. The van der Waals surface area contributed by atoms with Crippen LogP contribution < -0.4 is 5.32 Å². The van der Waals surface area contributed by atoms with Gasteiger partial charge in [0.25, 0.3) is 0 Å². The van der Waals surface area contributed by atoms with E-state index >= 15 is 0 Å². The summed E-state index contributed by atoms with van der Waals surface area (Å²) in [4.78, 5) is 2.56. The zero-order valence-corrected chi connectivity index (χ0v) is 11.6. The Morgan fingerprint density at radius 2 is 2.12 bits per heavy atom. The summed E-state index contributed by atoms with van der Waals surface area (Å²) >= 11 is 2.13. The largest absolute Gasteiger partial charge is 0.315 e. The Balaban J connectivity index is 1.86. The van der Waals surface area contributed by atoms with Crippen LogP contribution in [0.1, 0.15) is 32.1 Å².